The molecule has 23 heavy (non-hydrogen) atoms. The molecule has 0 unspecified atom stereocenters. The summed E-state index contributed by atoms with van der Waals surface area (Å²) < 4.78 is 0. The van der Waals surface area contributed by atoms with Gasteiger partial charge in [0.05, 0.1) is 6.54 Å². The summed E-state index contributed by atoms with van der Waals surface area (Å²) in [5, 5.41) is 3.01. The van der Waals surface area contributed by atoms with Gasteiger partial charge in [-0.15, -0.1) is 0 Å². The van der Waals surface area contributed by atoms with E-state index in [4.69, 9.17) is 0 Å². The van der Waals surface area contributed by atoms with Gasteiger partial charge in [0.2, 0.25) is 11.8 Å². The number of pyridine rings is 1. The first-order valence-electron chi connectivity index (χ1n) is 8.39. The number of amides is 2. The zero-order valence-corrected chi connectivity index (χ0v) is 13.4. The number of nitrogens with zero attached hydrogens (tertiary/aromatic N) is 3. The van der Waals surface area contributed by atoms with Crippen LogP contribution in [0.2, 0.25) is 0 Å². The molecule has 2 aliphatic rings. The van der Waals surface area contributed by atoms with Gasteiger partial charge in [-0.3, -0.25) is 19.5 Å². The molecular weight excluding hydrogens is 292 g/mol. The van der Waals surface area contributed by atoms with E-state index >= 15 is 0 Å². The summed E-state index contributed by atoms with van der Waals surface area (Å²) in [4.78, 5) is 32.2. The SMILES string of the molecule is O=C(CN1CCN(C(=O)CCc2cccnc2)CC1)NC1CC1. The smallest absolute Gasteiger partial charge is 0.234 e. The molecule has 1 aromatic heterocycles. The maximum absolute atomic E-state index is 12.3. The topological polar surface area (TPSA) is 65.5 Å². The Morgan fingerprint density at radius 1 is 1.22 bits per heavy atom. The summed E-state index contributed by atoms with van der Waals surface area (Å²) in [6.45, 7) is 3.42. The van der Waals surface area contributed by atoms with Crippen LogP contribution in [0.5, 0.6) is 0 Å². The standard InChI is InChI=1S/C17H24N4O2/c22-16(19-15-4-5-15)13-20-8-10-21(11-9-20)17(23)6-3-14-2-1-7-18-12-14/h1-2,7,12,15H,3-6,8-11,13H2,(H,19,22). The molecule has 1 saturated heterocycles. The van der Waals surface area contributed by atoms with Gasteiger partial charge in [0, 0.05) is 51.0 Å². The van der Waals surface area contributed by atoms with Crippen LogP contribution in [0.25, 0.3) is 0 Å². The molecule has 1 aliphatic carbocycles. The Bertz CT molecular complexity index is 537. The fraction of sp³-hybridized carbons (Fsp3) is 0.588. The van der Waals surface area contributed by atoms with E-state index in [1.54, 1.807) is 6.20 Å². The molecule has 0 spiro atoms. The number of rotatable bonds is 6. The average Bonchev–Trinajstić information content (AvgIpc) is 3.38. The van der Waals surface area contributed by atoms with Crippen LogP contribution >= 0.6 is 0 Å². The Hall–Kier alpha value is -1.95. The van der Waals surface area contributed by atoms with E-state index in [2.05, 4.69) is 15.2 Å². The highest BCUT2D eigenvalue weighted by Crippen LogP contribution is 2.18. The molecule has 1 saturated carbocycles. The zero-order chi connectivity index (χ0) is 16.1. The van der Waals surface area contributed by atoms with Gasteiger partial charge in [-0.25, -0.2) is 0 Å². The Morgan fingerprint density at radius 2 is 2.00 bits per heavy atom. The summed E-state index contributed by atoms with van der Waals surface area (Å²) in [5.41, 5.74) is 1.09. The van der Waals surface area contributed by atoms with Gasteiger partial charge in [-0.1, -0.05) is 6.07 Å². The van der Waals surface area contributed by atoms with E-state index in [9.17, 15) is 9.59 Å². The molecule has 1 aromatic rings. The first kappa shape index (κ1) is 15.9. The van der Waals surface area contributed by atoms with Crippen molar-refractivity contribution in [2.75, 3.05) is 32.7 Å². The molecule has 2 fully saturated rings. The summed E-state index contributed by atoms with van der Waals surface area (Å²) in [6, 6.07) is 4.31. The molecule has 0 bridgehead atoms. The Kier molecular flexibility index (Phi) is 5.23. The first-order valence-corrected chi connectivity index (χ1v) is 8.39. The molecule has 6 heteroatoms. The van der Waals surface area contributed by atoms with Crippen LogP contribution in [-0.4, -0.2) is 65.4 Å². The van der Waals surface area contributed by atoms with Crippen molar-refractivity contribution in [3.63, 3.8) is 0 Å². The van der Waals surface area contributed by atoms with Crippen molar-refractivity contribution in [3.05, 3.63) is 30.1 Å². The summed E-state index contributed by atoms with van der Waals surface area (Å²) in [5.74, 6) is 0.305. The first-order chi connectivity index (χ1) is 11.2. The average molecular weight is 316 g/mol. The number of carbonyl (C=O) groups is 2. The molecule has 2 amide bonds. The lowest BCUT2D eigenvalue weighted by Gasteiger charge is -2.34. The van der Waals surface area contributed by atoms with Crippen LogP contribution in [-0.2, 0) is 16.0 Å². The monoisotopic (exact) mass is 316 g/mol. The minimum Gasteiger partial charge on any atom is -0.352 e. The van der Waals surface area contributed by atoms with Crippen LogP contribution < -0.4 is 5.32 Å². The van der Waals surface area contributed by atoms with Gasteiger partial charge in [0.25, 0.3) is 0 Å². The molecule has 1 aliphatic heterocycles. The van der Waals surface area contributed by atoms with Crippen molar-refractivity contribution < 1.29 is 9.59 Å². The van der Waals surface area contributed by atoms with E-state index in [1.807, 2.05) is 23.2 Å². The van der Waals surface area contributed by atoms with Gasteiger partial charge in [0.1, 0.15) is 0 Å². The lowest BCUT2D eigenvalue weighted by atomic mass is 10.1. The summed E-state index contributed by atoms with van der Waals surface area (Å²) >= 11 is 0. The minimum absolute atomic E-state index is 0.115. The minimum atomic E-state index is 0.115. The highest BCUT2D eigenvalue weighted by Gasteiger charge is 2.26. The van der Waals surface area contributed by atoms with E-state index in [0.29, 0.717) is 32.1 Å². The molecule has 2 heterocycles. The molecule has 6 nitrogen and oxygen atoms in total. The Labute approximate surface area is 136 Å². The number of piperazine rings is 1. The number of nitrogens with one attached hydrogen (secondary N) is 1. The van der Waals surface area contributed by atoms with Crippen LogP contribution in [0.1, 0.15) is 24.8 Å². The second-order valence-corrected chi connectivity index (χ2v) is 6.36. The third-order valence-corrected chi connectivity index (χ3v) is 4.39. The molecule has 0 aromatic carbocycles. The quantitative estimate of drug-likeness (QED) is 0.827. The maximum atomic E-state index is 12.3. The van der Waals surface area contributed by atoms with Gasteiger partial charge >= 0.3 is 0 Å². The predicted octanol–water partition coefficient (Wildman–Crippen LogP) is 0.437. The van der Waals surface area contributed by atoms with Crippen LogP contribution in [0, 0.1) is 0 Å². The third-order valence-electron chi connectivity index (χ3n) is 4.39. The molecular formula is C17H24N4O2. The number of carbonyl (C=O) groups excluding carboxylic acids is 2. The number of hydrogen-bond donors (Lipinski definition) is 1. The predicted molar refractivity (Wildman–Crippen MR) is 86.7 cm³/mol. The summed E-state index contributed by atoms with van der Waals surface area (Å²) in [6.07, 6.45) is 7.04. The molecule has 0 atom stereocenters. The van der Waals surface area contributed by atoms with Crippen molar-refractivity contribution >= 4 is 11.8 Å². The third kappa shape index (κ3) is 5.03. The summed E-state index contributed by atoms with van der Waals surface area (Å²) in [7, 11) is 0. The molecule has 0 radical (unpaired) electrons. The van der Waals surface area contributed by atoms with Gasteiger partial charge in [0.15, 0.2) is 0 Å². The Morgan fingerprint density at radius 3 is 2.65 bits per heavy atom. The molecule has 1 N–H and O–H groups in total. The fourth-order valence-corrected chi connectivity index (χ4v) is 2.81. The fourth-order valence-electron chi connectivity index (χ4n) is 2.81. The van der Waals surface area contributed by atoms with Crippen molar-refractivity contribution in [2.45, 2.75) is 31.7 Å². The highest BCUT2D eigenvalue weighted by atomic mass is 16.2. The highest BCUT2D eigenvalue weighted by molar-refractivity contribution is 5.79. The zero-order valence-electron chi connectivity index (χ0n) is 13.4. The lowest BCUT2D eigenvalue weighted by molar-refractivity contribution is -0.133. The Balaban J connectivity index is 1.36. The van der Waals surface area contributed by atoms with Gasteiger partial charge < -0.3 is 10.2 Å². The van der Waals surface area contributed by atoms with Crippen LogP contribution in [0.3, 0.4) is 0 Å². The van der Waals surface area contributed by atoms with Crippen LogP contribution in [0.15, 0.2) is 24.5 Å². The van der Waals surface area contributed by atoms with E-state index < -0.39 is 0 Å². The van der Waals surface area contributed by atoms with E-state index in [0.717, 1.165) is 37.9 Å². The van der Waals surface area contributed by atoms with E-state index in [1.165, 1.54) is 0 Å². The number of aromatic nitrogens is 1. The second kappa shape index (κ2) is 7.55. The normalized spacial score (nSPS) is 18.7. The lowest BCUT2D eigenvalue weighted by Crippen LogP contribution is -2.51. The van der Waals surface area contributed by atoms with Crippen LogP contribution in [0.4, 0.5) is 0 Å². The van der Waals surface area contributed by atoms with Gasteiger partial charge in [-0.2, -0.15) is 0 Å². The van der Waals surface area contributed by atoms with Crippen molar-refractivity contribution in [3.8, 4) is 0 Å². The molecule has 3 rings (SSSR count). The number of hydrogen-bond acceptors (Lipinski definition) is 4. The second-order valence-electron chi connectivity index (χ2n) is 6.36. The largest absolute Gasteiger partial charge is 0.352 e. The van der Waals surface area contributed by atoms with Crippen molar-refractivity contribution in [2.24, 2.45) is 0 Å². The molecule has 124 valence electrons. The number of aryl methyl sites for hydroxylation is 1. The maximum Gasteiger partial charge on any atom is 0.234 e. The van der Waals surface area contributed by atoms with Crippen molar-refractivity contribution in [1.29, 1.82) is 0 Å². The van der Waals surface area contributed by atoms with Gasteiger partial charge in [-0.05, 0) is 30.9 Å². The van der Waals surface area contributed by atoms with E-state index in [-0.39, 0.29) is 11.8 Å². The van der Waals surface area contributed by atoms with Crippen molar-refractivity contribution in [1.82, 2.24) is 20.1 Å².